The SMILES string of the molecule is CN(CC1CCC(C)(C)C1N)C1CC1. The average molecular weight is 196 g/mol. The molecule has 2 N–H and O–H groups in total. The third-order valence-electron chi connectivity index (χ3n) is 4.26. The molecular formula is C12H24N2. The van der Waals surface area contributed by atoms with Gasteiger partial charge in [0.05, 0.1) is 0 Å². The summed E-state index contributed by atoms with van der Waals surface area (Å²) in [7, 11) is 2.26. The van der Waals surface area contributed by atoms with Gasteiger partial charge in [0.1, 0.15) is 0 Å². The van der Waals surface area contributed by atoms with Crippen molar-refractivity contribution in [1.29, 1.82) is 0 Å². The van der Waals surface area contributed by atoms with Crippen molar-refractivity contribution in [3.05, 3.63) is 0 Å². The third-order valence-corrected chi connectivity index (χ3v) is 4.26. The maximum absolute atomic E-state index is 6.30. The van der Waals surface area contributed by atoms with E-state index in [1.165, 1.54) is 32.2 Å². The summed E-state index contributed by atoms with van der Waals surface area (Å²) in [4.78, 5) is 2.52. The van der Waals surface area contributed by atoms with Crippen LogP contribution in [0.1, 0.15) is 39.5 Å². The smallest absolute Gasteiger partial charge is 0.0131 e. The predicted octanol–water partition coefficient (Wildman–Crippen LogP) is 1.84. The summed E-state index contributed by atoms with van der Waals surface area (Å²) in [5.41, 5.74) is 6.67. The van der Waals surface area contributed by atoms with Gasteiger partial charge in [-0.25, -0.2) is 0 Å². The molecule has 0 amide bonds. The van der Waals surface area contributed by atoms with E-state index in [0.717, 1.165) is 12.0 Å². The molecule has 82 valence electrons. The van der Waals surface area contributed by atoms with Gasteiger partial charge in [-0.1, -0.05) is 13.8 Å². The van der Waals surface area contributed by atoms with Crippen LogP contribution in [0.25, 0.3) is 0 Å². The van der Waals surface area contributed by atoms with E-state index >= 15 is 0 Å². The first-order chi connectivity index (χ1) is 6.50. The normalized spacial score (nSPS) is 36.6. The molecule has 0 saturated heterocycles. The van der Waals surface area contributed by atoms with E-state index in [1.54, 1.807) is 0 Å². The molecule has 0 aliphatic heterocycles. The molecule has 2 heteroatoms. The second-order valence-corrected chi connectivity index (χ2v) is 5.98. The second kappa shape index (κ2) is 3.49. The maximum atomic E-state index is 6.30. The molecule has 2 fully saturated rings. The van der Waals surface area contributed by atoms with Crippen molar-refractivity contribution in [2.45, 2.75) is 51.6 Å². The largest absolute Gasteiger partial charge is 0.327 e. The first kappa shape index (κ1) is 10.4. The summed E-state index contributed by atoms with van der Waals surface area (Å²) < 4.78 is 0. The van der Waals surface area contributed by atoms with Crippen molar-refractivity contribution >= 4 is 0 Å². The summed E-state index contributed by atoms with van der Waals surface area (Å²) in [6.45, 7) is 5.85. The number of rotatable bonds is 3. The molecule has 0 heterocycles. The lowest BCUT2D eigenvalue weighted by molar-refractivity contribution is 0.228. The van der Waals surface area contributed by atoms with Crippen LogP contribution in [0.5, 0.6) is 0 Å². The second-order valence-electron chi connectivity index (χ2n) is 5.98. The van der Waals surface area contributed by atoms with Crippen LogP contribution in [-0.4, -0.2) is 30.6 Å². The number of hydrogen-bond acceptors (Lipinski definition) is 2. The van der Waals surface area contributed by atoms with Gasteiger partial charge < -0.3 is 10.6 Å². The van der Waals surface area contributed by atoms with Crippen molar-refractivity contribution in [3.8, 4) is 0 Å². The van der Waals surface area contributed by atoms with Gasteiger partial charge in [0.25, 0.3) is 0 Å². The fourth-order valence-electron chi connectivity index (χ4n) is 2.78. The minimum Gasteiger partial charge on any atom is -0.327 e. The summed E-state index contributed by atoms with van der Waals surface area (Å²) in [6.07, 6.45) is 5.44. The lowest BCUT2D eigenvalue weighted by Gasteiger charge is -2.29. The number of nitrogens with zero attached hydrogens (tertiary/aromatic N) is 1. The van der Waals surface area contributed by atoms with Crippen LogP contribution in [0.2, 0.25) is 0 Å². The third kappa shape index (κ3) is 1.96. The molecule has 2 aliphatic rings. The molecule has 0 radical (unpaired) electrons. The molecule has 0 aromatic carbocycles. The molecule has 0 aromatic rings. The molecule has 14 heavy (non-hydrogen) atoms. The molecule has 2 nitrogen and oxygen atoms in total. The Hall–Kier alpha value is -0.0800. The monoisotopic (exact) mass is 196 g/mol. The van der Waals surface area contributed by atoms with Gasteiger partial charge in [-0.3, -0.25) is 0 Å². The molecule has 2 unspecified atom stereocenters. The average Bonchev–Trinajstić information content (AvgIpc) is 2.90. The van der Waals surface area contributed by atoms with Gasteiger partial charge in [0, 0.05) is 18.6 Å². The van der Waals surface area contributed by atoms with Gasteiger partial charge in [-0.15, -0.1) is 0 Å². The Balaban J connectivity index is 1.86. The standard InChI is InChI=1S/C12H24N2/c1-12(2)7-6-9(11(12)13)8-14(3)10-4-5-10/h9-11H,4-8,13H2,1-3H3. The van der Waals surface area contributed by atoms with E-state index in [2.05, 4.69) is 25.8 Å². The Labute approximate surface area is 87.8 Å². The van der Waals surface area contributed by atoms with Crippen LogP contribution in [-0.2, 0) is 0 Å². The van der Waals surface area contributed by atoms with E-state index in [9.17, 15) is 0 Å². The van der Waals surface area contributed by atoms with Crippen molar-refractivity contribution < 1.29 is 0 Å². The minimum atomic E-state index is 0.370. The Bertz CT molecular complexity index is 208. The zero-order valence-electron chi connectivity index (χ0n) is 9.79. The van der Waals surface area contributed by atoms with Crippen molar-refractivity contribution in [3.63, 3.8) is 0 Å². The molecule has 2 rings (SSSR count). The highest BCUT2D eigenvalue weighted by Crippen LogP contribution is 2.41. The highest BCUT2D eigenvalue weighted by atomic mass is 15.2. The zero-order chi connectivity index (χ0) is 10.3. The van der Waals surface area contributed by atoms with Gasteiger partial charge >= 0.3 is 0 Å². The Kier molecular flexibility index (Phi) is 2.61. The quantitative estimate of drug-likeness (QED) is 0.746. The van der Waals surface area contributed by atoms with E-state index in [1.807, 2.05) is 0 Å². The Morgan fingerprint density at radius 1 is 1.29 bits per heavy atom. The van der Waals surface area contributed by atoms with Crippen molar-refractivity contribution in [2.75, 3.05) is 13.6 Å². The lowest BCUT2D eigenvalue weighted by atomic mass is 9.85. The van der Waals surface area contributed by atoms with Gasteiger partial charge in [-0.2, -0.15) is 0 Å². The van der Waals surface area contributed by atoms with Crippen LogP contribution in [0, 0.1) is 11.3 Å². The molecular weight excluding hydrogens is 172 g/mol. The molecule has 2 aliphatic carbocycles. The van der Waals surface area contributed by atoms with Gasteiger partial charge in [0.2, 0.25) is 0 Å². The van der Waals surface area contributed by atoms with E-state index in [0.29, 0.717) is 11.5 Å². The predicted molar refractivity (Wildman–Crippen MR) is 60.1 cm³/mol. The maximum Gasteiger partial charge on any atom is 0.0131 e. The Morgan fingerprint density at radius 2 is 1.93 bits per heavy atom. The minimum absolute atomic E-state index is 0.370. The summed E-state index contributed by atoms with van der Waals surface area (Å²) in [5.74, 6) is 0.732. The number of nitrogens with two attached hydrogens (primary N) is 1. The molecule has 2 atom stereocenters. The van der Waals surface area contributed by atoms with Crippen LogP contribution < -0.4 is 5.73 Å². The van der Waals surface area contributed by atoms with Gasteiger partial charge in [0.15, 0.2) is 0 Å². The van der Waals surface area contributed by atoms with E-state index in [4.69, 9.17) is 5.73 Å². The summed E-state index contributed by atoms with van der Waals surface area (Å²) in [6, 6.07) is 1.29. The topological polar surface area (TPSA) is 29.3 Å². The van der Waals surface area contributed by atoms with Crippen LogP contribution in [0.3, 0.4) is 0 Å². The summed E-state index contributed by atoms with van der Waals surface area (Å²) in [5, 5.41) is 0. The van der Waals surface area contributed by atoms with E-state index < -0.39 is 0 Å². The highest BCUT2D eigenvalue weighted by Gasteiger charge is 2.40. The van der Waals surface area contributed by atoms with E-state index in [-0.39, 0.29) is 0 Å². The Morgan fingerprint density at radius 3 is 2.36 bits per heavy atom. The van der Waals surface area contributed by atoms with Crippen LogP contribution >= 0.6 is 0 Å². The lowest BCUT2D eigenvalue weighted by Crippen LogP contribution is -2.41. The molecule has 0 spiro atoms. The van der Waals surface area contributed by atoms with Crippen molar-refractivity contribution in [2.24, 2.45) is 17.1 Å². The first-order valence-corrected chi connectivity index (χ1v) is 5.96. The van der Waals surface area contributed by atoms with Crippen LogP contribution in [0.4, 0.5) is 0 Å². The van der Waals surface area contributed by atoms with Crippen molar-refractivity contribution in [1.82, 2.24) is 4.90 Å². The molecule has 2 saturated carbocycles. The molecule has 0 bridgehead atoms. The van der Waals surface area contributed by atoms with Crippen LogP contribution in [0.15, 0.2) is 0 Å². The fourth-order valence-corrected chi connectivity index (χ4v) is 2.78. The number of hydrogen-bond donors (Lipinski definition) is 1. The first-order valence-electron chi connectivity index (χ1n) is 5.96. The highest BCUT2D eigenvalue weighted by molar-refractivity contribution is 4.96. The summed E-state index contributed by atoms with van der Waals surface area (Å²) >= 11 is 0. The van der Waals surface area contributed by atoms with Gasteiger partial charge in [-0.05, 0) is 44.1 Å². The molecule has 0 aromatic heterocycles. The zero-order valence-corrected chi connectivity index (χ0v) is 9.79. The fraction of sp³-hybridized carbons (Fsp3) is 1.00.